The van der Waals surface area contributed by atoms with E-state index in [-0.39, 0.29) is 7.12 Å². The summed E-state index contributed by atoms with van der Waals surface area (Å²) in [5, 5.41) is 0. The third-order valence-electron chi connectivity index (χ3n) is 2.91. The molecule has 3 heteroatoms. The Morgan fingerprint density at radius 1 is 0.706 bits per heavy atom. The van der Waals surface area contributed by atoms with Gasteiger partial charge >= 0.3 is 7.12 Å². The van der Waals surface area contributed by atoms with Gasteiger partial charge in [0.05, 0.1) is 13.2 Å². The van der Waals surface area contributed by atoms with Crippen molar-refractivity contribution in [2.75, 3.05) is 13.2 Å². The molecule has 0 aliphatic carbocycles. The van der Waals surface area contributed by atoms with Crippen LogP contribution in [0.4, 0.5) is 0 Å². The second-order valence-electron chi connectivity index (χ2n) is 4.06. The highest BCUT2D eigenvalue weighted by Crippen LogP contribution is 2.17. The Hall–Kier alpha value is -1.58. The average molecular weight is 224 g/mol. The van der Waals surface area contributed by atoms with Crippen LogP contribution >= 0.6 is 0 Å². The minimum atomic E-state index is -0.181. The number of benzene rings is 2. The third-order valence-corrected chi connectivity index (χ3v) is 2.91. The monoisotopic (exact) mass is 224 g/mol. The van der Waals surface area contributed by atoms with Gasteiger partial charge in [0.1, 0.15) is 0 Å². The van der Waals surface area contributed by atoms with Gasteiger partial charge in [0.2, 0.25) is 0 Å². The lowest BCUT2D eigenvalue weighted by Gasteiger charge is -2.06. The molecule has 1 aliphatic heterocycles. The zero-order valence-electron chi connectivity index (χ0n) is 9.50. The standard InChI is InChI=1S/C14H13BO2/c1-2-4-12(5-3-1)13-6-8-14(9-7-13)15-16-10-11-17-15/h1-9H,10-11H2. The van der Waals surface area contributed by atoms with Crippen LogP contribution in [0, 0.1) is 0 Å². The molecule has 0 unspecified atom stereocenters. The van der Waals surface area contributed by atoms with Crippen molar-refractivity contribution in [3.05, 3.63) is 54.6 Å². The van der Waals surface area contributed by atoms with E-state index < -0.39 is 0 Å². The maximum absolute atomic E-state index is 5.46. The first-order chi connectivity index (χ1) is 8.43. The Morgan fingerprint density at radius 2 is 1.29 bits per heavy atom. The molecule has 2 nitrogen and oxygen atoms in total. The van der Waals surface area contributed by atoms with Crippen LogP contribution in [0.3, 0.4) is 0 Å². The molecule has 1 fully saturated rings. The smallest absolute Gasteiger partial charge is 0.405 e. The van der Waals surface area contributed by atoms with Gasteiger partial charge in [-0.25, -0.2) is 0 Å². The first-order valence-corrected chi connectivity index (χ1v) is 5.82. The number of hydrogen-bond donors (Lipinski definition) is 0. The van der Waals surface area contributed by atoms with Crippen LogP contribution in [0.25, 0.3) is 11.1 Å². The van der Waals surface area contributed by atoms with E-state index in [0.29, 0.717) is 13.2 Å². The molecular weight excluding hydrogens is 211 g/mol. The highest BCUT2D eigenvalue weighted by atomic mass is 16.6. The molecule has 2 aromatic rings. The first kappa shape index (κ1) is 10.6. The normalized spacial score (nSPS) is 15.2. The Bertz CT molecular complexity index is 475. The number of rotatable bonds is 2. The van der Waals surface area contributed by atoms with Gasteiger partial charge in [-0.1, -0.05) is 54.6 Å². The van der Waals surface area contributed by atoms with E-state index in [0.717, 1.165) is 5.46 Å². The van der Waals surface area contributed by atoms with E-state index in [4.69, 9.17) is 9.31 Å². The Labute approximate surface area is 101 Å². The van der Waals surface area contributed by atoms with Crippen molar-refractivity contribution >= 4 is 12.6 Å². The molecular formula is C14H13BO2. The Morgan fingerprint density at radius 3 is 1.94 bits per heavy atom. The zero-order valence-corrected chi connectivity index (χ0v) is 9.50. The highest BCUT2D eigenvalue weighted by Gasteiger charge is 2.25. The Kier molecular flexibility index (Phi) is 2.95. The summed E-state index contributed by atoms with van der Waals surface area (Å²) in [6.45, 7) is 1.37. The predicted molar refractivity (Wildman–Crippen MR) is 69.2 cm³/mol. The van der Waals surface area contributed by atoms with Gasteiger partial charge in [-0.2, -0.15) is 0 Å². The lowest BCUT2D eigenvalue weighted by molar-refractivity contribution is 0.365. The van der Waals surface area contributed by atoms with E-state index in [1.54, 1.807) is 0 Å². The second-order valence-corrected chi connectivity index (χ2v) is 4.06. The molecule has 0 bridgehead atoms. The maximum atomic E-state index is 5.46. The summed E-state index contributed by atoms with van der Waals surface area (Å²) in [5.41, 5.74) is 3.53. The lowest BCUT2D eigenvalue weighted by atomic mass is 9.79. The minimum absolute atomic E-state index is 0.181. The summed E-state index contributed by atoms with van der Waals surface area (Å²) in [4.78, 5) is 0. The van der Waals surface area contributed by atoms with E-state index in [2.05, 4.69) is 36.4 Å². The van der Waals surface area contributed by atoms with Gasteiger partial charge in [-0.3, -0.25) is 0 Å². The molecule has 1 saturated heterocycles. The topological polar surface area (TPSA) is 18.5 Å². The van der Waals surface area contributed by atoms with E-state index in [1.807, 2.05) is 18.2 Å². The van der Waals surface area contributed by atoms with Crippen LogP contribution in [0.2, 0.25) is 0 Å². The van der Waals surface area contributed by atoms with E-state index in [9.17, 15) is 0 Å². The third kappa shape index (κ3) is 2.26. The molecule has 2 aromatic carbocycles. The number of hydrogen-bond acceptors (Lipinski definition) is 2. The van der Waals surface area contributed by atoms with Crippen LogP contribution < -0.4 is 5.46 Å². The fraction of sp³-hybridized carbons (Fsp3) is 0.143. The maximum Gasteiger partial charge on any atom is 0.494 e. The summed E-state index contributed by atoms with van der Waals surface area (Å²) in [5.74, 6) is 0. The summed E-state index contributed by atoms with van der Waals surface area (Å²) in [6, 6.07) is 18.7. The molecule has 0 saturated carbocycles. The van der Waals surface area contributed by atoms with Crippen molar-refractivity contribution in [3.8, 4) is 11.1 Å². The molecule has 0 spiro atoms. The molecule has 1 heterocycles. The molecule has 1 aliphatic rings. The van der Waals surface area contributed by atoms with Crippen molar-refractivity contribution < 1.29 is 9.31 Å². The van der Waals surface area contributed by atoms with Crippen LogP contribution in [0.15, 0.2) is 54.6 Å². The summed E-state index contributed by atoms with van der Waals surface area (Å²) in [6.07, 6.45) is 0. The van der Waals surface area contributed by atoms with Crippen molar-refractivity contribution in [1.82, 2.24) is 0 Å². The minimum Gasteiger partial charge on any atom is -0.405 e. The van der Waals surface area contributed by atoms with Crippen molar-refractivity contribution in [2.24, 2.45) is 0 Å². The fourth-order valence-corrected chi connectivity index (χ4v) is 2.01. The average Bonchev–Trinajstić information content (AvgIpc) is 2.94. The van der Waals surface area contributed by atoms with Crippen molar-refractivity contribution in [1.29, 1.82) is 0 Å². The van der Waals surface area contributed by atoms with Gasteiger partial charge in [0.25, 0.3) is 0 Å². The van der Waals surface area contributed by atoms with Crippen LogP contribution in [-0.4, -0.2) is 20.3 Å². The molecule has 0 amide bonds. The summed E-state index contributed by atoms with van der Waals surface area (Å²) in [7, 11) is -0.181. The van der Waals surface area contributed by atoms with Gasteiger partial charge in [-0.05, 0) is 16.6 Å². The quantitative estimate of drug-likeness (QED) is 0.727. The molecule has 0 N–H and O–H groups in total. The highest BCUT2D eigenvalue weighted by molar-refractivity contribution is 6.61. The van der Waals surface area contributed by atoms with Crippen LogP contribution in [-0.2, 0) is 9.31 Å². The Balaban J connectivity index is 1.85. The van der Waals surface area contributed by atoms with Gasteiger partial charge in [0, 0.05) is 0 Å². The molecule has 84 valence electrons. The zero-order chi connectivity index (χ0) is 11.5. The molecule has 0 aromatic heterocycles. The molecule has 0 radical (unpaired) electrons. The van der Waals surface area contributed by atoms with Crippen molar-refractivity contribution in [2.45, 2.75) is 0 Å². The van der Waals surface area contributed by atoms with Gasteiger partial charge in [-0.15, -0.1) is 0 Å². The first-order valence-electron chi connectivity index (χ1n) is 5.82. The fourth-order valence-electron chi connectivity index (χ4n) is 2.01. The molecule has 17 heavy (non-hydrogen) atoms. The summed E-state index contributed by atoms with van der Waals surface area (Å²) >= 11 is 0. The molecule has 3 rings (SSSR count). The van der Waals surface area contributed by atoms with Crippen LogP contribution in [0.5, 0.6) is 0 Å². The lowest BCUT2D eigenvalue weighted by Crippen LogP contribution is -2.31. The van der Waals surface area contributed by atoms with Crippen molar-refractivity contribution in [3.63, 3.8) is 0 Å². The van der Waals surface area contributed by atoms with E-state index in [1.165, 1.54) is 11.1 Å². The largest absolute Gasteiger partial charge is 0.494 e. The van der Waals surface area contributed by atoms with E-state index >= 15 is 0 Å². The SMILES string of the molecule is c1ccc(-c2ccc(B3OCCO3)cc2)cc1. The second kappa shape index (κ2) is 4.74. The molecule has 0 atom stereocenters. The predicted octanol–water partition coefficient (Wildman–Crippen LogP) is 2.10. The van der Waals surface area contributed by atoms with Gasteiger partial charge in [0.15, 0.2) is 0 Å². The van der Waals surface area contributed by atoms with Gasteiger partial charge < -0.3 is 9.31 Å². The van der Waals surface area contributed by atoms with Crippen LogP contribution in [0.1, 0.15) is 0 Å². The summed E-state index contributed by atoms with van der Waals surface area (Å²) < 4.78 is 10.9.